The molecule has 1 aliphatic heterocycles. The number of nitrogens with zero attached hydrogens (tertiary/aromatic N) is 4. The number of benzene rings is 2. The summed E-state index contributed by atoms with van der Waals surface area (Å²) < 4.78 is 44.9. The number of fused-ring (bicyclic) bond motifs is 1. The number of ether oxygens (including phenoxy) is 1. The van der Waals surface area contributed by atoms with Crippen LogP contribution in [-0.2, 0) is 0 Å². The van der Waals surface area contributed by atoms with Gasteiger partial charge in [-0.25, -0.2) is 19.7 Å². The molecule has 0 saturated carbocycles. The summed E-state index contributed by atoms with van der Waals surface area (Å²) in [5.74, 6) is 1.08. The third kappa shape index (κ3) is 6.46. The first-order valence-corrected chi connectivity index (χ1v) is 13.3. The van der Waals surface area contributed by atoms with Crippen molar-refractivity contribution in [3.8, 4) is 22.9 Å². The zero-order chi connectivity index (χ0) is 29.9. The number of rotatable bonds is 8. The minimum atomic E-state index is -4.73. The molecule has 10 nitrogen and oxygen atoms in total. The van der Waals surface area contributed by atoms with E-state index in [0.717, 1.165) is 18.4 Å². The van der Waals surface area contributed by atoms with Crippen LogP contribution in [0.1, 0.15) is 18.4 Å². The number of anilines is 2. The van der Waals surface area contributed by atoms with Gasteiger partial charge < -0.3 is 30.5 Å². The number of hydrogen-bond donors (Lipinski definition) is 4. The Bertz CT molecular complexity index is 1590. The number of aromatic nitrogens is 3. The molecule has 0 spiro atoms. The minimum Gasteiger partial charge on any atom is -0.465 e. The van der Waals surface area contributed by atoms with Crippen molar-refractivity contribution in [2.75, 3.05) is 30.3 Å². The summed E-state index contributed by atoms with van der Waals surface area (Å²) in [7, 11) is 0. The summed E-state index contributed by atoms with van der Waals surface area (Å²) in [5.41, 5.74) is 2.30. The van der Waals surface area contributed by atoms with Crippen molar-refractivity contribution >= 4 is 28.5 Å². The van der Waals surface area contributed by atoms with Crippen LogP contribution in [-0.4, -0.2) is 74.1 Å². The molecule has 2 atom stereocenters. The highest BCUT2D eigenvalue weighted by molar-refractivity contribution is 5.98. The highest BCUT2D eigenvalue weighted by Crippen LogP contribution is 2.38. The molecule has 1 fully saturated rings. The average molecular weight is 583 g/mol. The molecule has 13 heteroatoms. The first kappa shape index (κ1) is 28.9. The van der Waals surface area contributed by atoms with Gasteiger partial charge in [-0.15, -0.1) is 0 Å². The van der Waals surface area contributed by atoms with Crippen LogP contribution in [0.5, 0.6) is 11.6 Å². The number of carboxylic acid groups (broad SMARTS) is 1. The monoisotopic (exact) mass is 582 g/mol. The Labute approximate surface area is 239 Å². The van der Waals surface area contributed by atoms with Crippen LogP contribution in [0.4, 0.5) is 29.6 Å². The Morgan fingerprint density at radius 3 is 2.74 bits per heavy atom. The molecule has 1 amide bonds. The number of hydrogen-bond acceptors (Lipinski definition) is 8. The molecule has 2 aromatic heterocycles. The van der Waals surface area contributed by atoms with Gasteiger partial charge in [0.05, 0.1) is 11.3 Å². The van der Waals surface area contributed by atoms with Crippen molar-refractivity contribution in [3.05, 3.63) is 66.5 Å². The molecular formula is C29H29F3N6O4. The molecule has 1 saturated heterocycles. The molecule has 0 aliphatic carbocycles. The van der Waals surface area contributed by atoms with Crippen LogP contribution in [0.3, 0.4) is 0 Å². The lowest BCUT2D eigenvalue weighted by Crippen LogP contribution is -2.44. The van der Waals surface area contributed by atoms with Crippen molar-refractivity contribution in [2.24, 2.45) is 0 Å². The number of halogens is 3. The number of alkyl halides is 3. The first-order valence-electron chi connectivity index (χ1n) is 13.3. The van der Waals surface area contributed by atoms with Crippen molar-refractivity contribution in [2.45, 2.75) is 38.1 Å². The Morgan fingerprint density at radius 2 is 1.95 bits per heavy atom. The number of amides is 1. The largest absolute Gasteiger partial charge is 0.465 e. The van der Waals surface area contributed by atoms with E-state index in [1.54, 1.807) is 60.9 Å². The maximum atomic E-state index is 12.8. The van der Waals surface area contributed by atoms with Crippen LogP contribution in [0, 0.1) is 6.92 Å². The van der Waals surface area contributed by atoms with Crippen molar-refractivity contribution in [3.63, 3.8) is 0 Å². The van der Waals surface area contributed by atoms with Crippen LogP contribution in [0.2, 0.25) is 0 Å². The van der Waals surface area contributed by atoms with Crippen LogP contribution < -0.4 is 15.4 Å². The number of aliphatic hydroxyl groups excluding tert-OH is 1. The van der Waals surface area contributed by atoms with Gasteiger partial charge in [-0.3, -0.25) is 0 Å². The molecule has 0 bridgehead atoms. The fourth-order valence-electron chi connectivity index (χ4n) is 4.84. The number of aryl methyl sites for hydroxylation is 1. The predicted octanol–water partition coefficient (Wildman–Crippen LogP) is 5.68. The fraction of sp³-hybridized carbons (Fsp3) is 0.310. The SMILES string of the molecule is Cc1ccc2c(NC[C@H](O)C(F)(F)F)cccc2c1Oc1ncccc1-c1ccnc(N[C@H]2CCCN(C(=O)O)C2)n1. The number of piperidine rings is 1. The number of aliphatic hydroxyl groups is 1. The Hall–Kier alpha value is -4.65. The lowest BCUT2D eigenvalue weighted by Gasteiger charge is -2.31. The third-order valence-electron chi connectivity index (χ3n) is 7.00. The highest BCUT2D eigenvalue weighted by Gasteiger charge is 2.38. The predicted molar refractivity (Wildman–Crippen MR) is 151 cm³/mol. The van der Waals surface area contributed by atoms with E-state index < -0.39 is 24.9 Å². The maximum Gasteiger partial charge on any atom is 0.416 e. The Balaban J connectivity index is 1.42. The minimum absolute atomic E-state index is 0.131. The number of pyridine rings is 1. The number of nitrogens with one attached hydrogen (secondary N) is 2. The lowest BCUT2D eigenvalue weighted by atomic mass is 10.0. The zero-order valence-corrected chi connectivity index (χ0v) is 22.6. The normalized spacial score (nSPS) is 16.2. The summed E-state index contributed by atoms with van der Waals surface area (Å²) in [6, 6.07) is 13.8. The average Bonchev–Trinajstić information content (AvgIpc) is 2.97. The molecule has 3 heterocycles. The Kier molecular flexibility index (Phi) is 8.29. The molecule has 5 rings (SSSR count). The second kappa shape index (κ2) is 12.1. The summed E-state index contributed by atoms with van der Waals surface area (Å²) >= 11 is 0. The summed E-state index contributed by atoms with van der Waals surface area (Å²) in [6.45, 7) is 1.97. The number of likely N-dealkylation sites (tertiary alicyclic amines) is 1. The molecule has 4 N–H and O–H groups in total. The van der Waals surface area contributed by atoms with E-state index >= 15 is 0 Å². The molecule has 0 unspecified atom stereocenters. The van der Waals surface area contributed by atoms with Gasteiger partial charge in [0.1, 0.15) is 5.75 Å². The van der Waals surface area contributed by atoms with E-state index in [2.05, 4.69) is 25.6 Å². The van der Waals surface area contributed by atoms with Crippen molar-refractivity contribution in [1.82, 2.24) is 19.9 Å². The van der Waals surface area contributed by atoms with Crippen LogP contribution in [0.25, 0.3) is 22.0 Å². The summed E-state index contributed by atoms with van der Waals surface area (Å²) in [6.07, 6.45) is -3.52. The first-order chi connectivity index (χ1) is 20.1. The quantitative estimate of drug-likeness (QED) is 0.207. The second-order valence-electron chi connectivity index (χ2n) is 9.99. The molecule has 220 valence electrons. The maximum absolute atomic E-state index is 12.8. The molecule has 1 aliphatic rings. The molecule has 4 aromatic rings. The van der Waals surface area contributed by atoms with Crippen LogP contribution in [0.15, 0.2) is 60.9 Å². The summed E-state index contributed by atoms with van der Waals surface area (Å²) in [4.78, 5) is 26.1. The third-order valence-corrected chi connectivity index (χ3v) is 7.00. The van der Waals surface area contributed by atoms with Gasteiger partial charge in [0.15, 0.2) is 6.10 Å². The van der Waals surface area contributed by atoms with Gasteiger partial charge in [-0.2, -0.15) is 13.2 Å². The van der Waals surface area contributed by atoms with E-state index in [1.165, 1.54) is 4.90 Å². The van der Waals surface area contributed by atoms with E-state index in [4.69, 9.17) is 4.74 Å². The summed E-state index contributed by atoms with van der Waals surface area (Å²) in [5, 5.41) is 25.9. The zero-order valence-electron chi connectivity index (χ0n) is 22.6. The van der Waals surface area contributed by atoms with Crippen molar-refractivity contribution < 1.29 is 32.9 Å². The highest BCUT2D eigenvalue weighted by atomic mass is 19.4. The molecular weight excluding hydrogens is 553 g/mol. The van der Waals surface area contributed by atoms with E-state index in [-0.39, 0.29) is 11.9 Å². The topological polar surface area (TPSA) is 133 Å². The van der Waals surface area contributed by atoms with Crippen LogP contribution >= 0.6 is 0 Å². The van der Waals surface area contributed by atoms with Gasteiger partial charge in [0, 0.05) is 54.5 Å². The van der Waals surface area contributed by atoms with E-state index in [0.29, 0.717) is 52.5 Å². The Morgan fingerprint density at radius 1 is 1.12 bits per heavy atom. The molecule has 42 heavy (non-hydrogen) atoms. The van der Waals surface area contributed by atoms with Gasteiger partial charge in [0.2, 0.25) is 11.8 Å². The van der Waals surface area contributed by atoms with Crippen molar-refractivity contribution in [1.29, 1.82) is 0 Å². The second-order valence-corrected chi connectivity index (χ2v) is 9.99. The number of carbonyl (C=O) groups is 1. The molecule has 0 radical (unpaired) electrons. The van der Waals surface area contributed by atoms with Gasteiger partial charge in [-0.1, -0.05) is 24.3 Å². The fourth-order valence-corrected chi connectivity index (χ4v) is 4.84. The smallest absolute Gasteiger partial charge is 0.416 e. The van der Waals surface area contributed by atoms with Gasteiger partial charge >= 0.3 is 12.3 Å². The molecule has 2 aromatic carbocycles. The standard InChI is InChI=1S/C29H29F3N6O4/c1-17-9-10-19-20(6-2-8-22(19)35-15-24(39)29(30,31)32)25(17)42-26-21(7-3-12-33-26)23-11-13-34-27(37-23)36-18-5-4-14-38(16-18)28(40)41/h2-3,6-13,18,24,35,39H,4-5,14-16H2,1H3,(H,40,41)(H,34,36,37)/t18-,24-/m0/s1. The van der Waals surface area contributed by atoms with E-state index in [9.17, 15) is 28.2 Å². The van der Waals surface area contributed by atoms with Gasteiger partial charge in [-0.05, 0) is 49.6 Å². The lowest BCUT2D eigenvalue weighted by molar-refractivity contribution is -0.198. The van der Waals surface area contributed by atoms with E-state index in [1.807, 2.05) is 6.92 Å². The van der Waals surface area contributed by atoms with Gasteiger partial charge in [0.25, 0.3) is 0 Å².